The zero-order chi connectivity index (χ0) is 30.5. The highest BCUT2D eigenvalue weighted by Crippen LogP contribution is 2.41. The molecule has 1 aliphatic rings. The second-order valence-electron chi connectivity index (χ2n) is 10.9. The first-order chi connectivity index (χ1) is 19.8. The highest BCUT2D eigenvalue weighted by molar-refractivity contribution is 7.70. The first-order valence-electron chi connectivity index (χ1n) is 13.4. The van der Waals surface area contributed by atoms with Gasteiger partial charge in [0, 0.05) is 41.9 Å². The predicted molar refractivity (Wildman–Crippen MR) is 162 cm³/mol. The van der Waals surface area contributed by atoms with E-state index in [2.05, 4.69) is 11.6 Å². The summed E-state index contributed by atoms with van der Waals surface area (Å²) in [6.45, 7) is 11.4. The van der Waals surface area contributed by atoms with Crippen molar-refractivity contribution in [3.63, 3.8) is 0 Å². The summed E-state index contributed by atoms with van der Waals surface area (Å²) in [6.07, 6.45) is 1.24. The van der Waals surface area contributed by atoms with Crippen molar-refractivity contribution in [3.05, 3.63) is 88.9 Å². The molecule has 1 aliphatic heterocycles. The summed E-state index contributed by atoms with van der Waals surface area (Å²) >= 11 is 0. The number of para-hydroxylation sites is 1. The van der Waals surface area contributed by atoms with Gasteiger partial charge < -0.3 is 19.5 Å². The lowest BCUT2D eigenvalue weighted by atomic mass is 10.0. The predicted octanol–water partition coefficient (Wildman–Crippen LogP) is 4.82. The van der Waals surface area contributed by atoms with Crippen LogP contribution in [0.2, 0.25) is 0 Å². The van der Waals surface area contributed by atoms with Gasteiger partial charge in [0.25, 0.3) is 0 Å². The molecule has 3 aromatic carbocycles. The topological polar surface area (TPSA) is 95.7 Å². The molecule has 1 fully saturated rings. The number of aryl methyl sites for hydroxylation is 1. The summed E-state index contributed by atoms with van der Waals surface area (Å²) in [5.41, 5.74) is -0.105. The Balaban J connectivity index is 1.86. The minimum atomic E-state index is -2.93. The summed E-state index contributed by atoms with van der Waals surface area (Å²) in [5, 5.41) is 11.2. The molecule has 42 heavy (non-hydrogen) atoms. The summed E-state index contributed by atoms with van der Waals surface area (Å²) in [7, 11) is -2.93. The normalized spacial score (nSPS) is 15.7. The number of rotatable bonds is 5. The number of phenolic OH excluding ortho intramolecular Hbond substituents is 1. The molecule has 1 saturated heterocycles. The minimum Gasteiger partial charge on any atom is -0.507 e. The van der Waals surface area contributed by atoms with Crippen LogP contribution in [-0.4, -0.2) is 64.5 Å². The molecule has 8 nitrogen and oxygen atoms in total. The average Bonchev–Trinajstić information content (AvgIpc) is 2.92. The van der Waals surface area contributed by atoms with E-state index in [-0.39, 0.29) is 39.8 Å². The van der Waals surface area contributed by atoms with Gasteiger partial charge in [0.2, 0.25) is 5.91 Å². The number of aromatic hydroxyl groups is 1. The van der Waals surface area contributed by atoms with Gasteiger partial charge in [-0.2, -0.15) is 4.98 Å². The fourth-order valence-corrected chi connectivity index (χ4v) is 6.84. The fraction of sp³-hybridized carbons (Fsp3) is 0.258. The summed E-state index contributed by atoms with van der Waals surface area (Å²) in [4.78, 5) is 34.1. The van der Waals surface area contributed by atoms with Crippen molar-refractivity contribution in [3.8, 4) is 22.6 Å². The molecule has 4 aromatic rings. The average molecular weight is 593 g/mol. The van der Waals surface area contributed by atoms with Gasteiger partial charge in [-0.05, 0) is 69.1 Å². The van der Waals surface area contributed by atoms with Gasteiger partial charge in [0.15, 0.2) is 0 Å². The number of anilines is 1. The molecule has 0 spiro atoms. The molecule has 5 rings (SSSR count). The minimum absolute atomic E-state index is 0.199. The number of nitrogens with zero attached hydrogens (tertiary/aromatic N) is 4. The van der Waals surface area contributed by atoms with Crippen LogP contribution in [0.1, 0.15) is 12.5 Å². The Morgan fingerprint density at radius 3 is 2.48 bits per heavy atom. The fourth-order valence-electron chi connectivity index (χ4n) is 5.61. The molecule has 1 amide bonds. The van der Waals surface area contributed by atoms with Crippen molar-refractivity contribution in [2.24, 2.45) is 0 Å². The maximum atomic E-state index is 15.9. The zero-order valence-electron chi connectivity index (χ0n) is 23.8. The number of halogens is 2. The highest BCUT2D eigenvalue weighted by Gasteiger charge is 2.31. The van der Waals surface area contributed by atoms with Crippen LogP contribution in [0, 0.1) is 18.6 Å². The lowest BCUT2D eigenvalue weighted by Gasteiger charge is -2.40. The lowest BCUT2D eigenvalue weighted by molar-refractivity contribution is -0.126. The van der Waals surface area contributed by atoms with Crippen molar-refractivity contribution in [1.82, 2.24) is 14.5 Å². The van der Waals surface area contributed by atoms with Crippen molar-refractivity contribution >= 4 is 35.1 Å². The third kappa shape index (κ3) is 5.00. The third-order valence-electron chi connectivity index (χ3n) is 7.63. The van der Waals surface area contributed by atoms with E-state index in [0.29, 0.717) is 36.2 Å². The van der Waals surface area contributed by atoms with Gasteiger partial charge >= 0.3 is 5.69 Å². The second kappa shape index (κ2) is 10.8. The molecule has 0 bridgehead atoms. The molecule has 0 aliphatic carbocycles. The van der Waals surface area contributed by atoms with E-state index in [1.807, 2.05) is 11.8 Å². The number of amides is 1. The Morgan fingerprint density at radius 1 is 1.12 bits per heavy atom. The smallest absolute Gasteiger partial charge is 0.354 e. The summed E-state index contributed by atoms with van der Waals surface area (Å²) < 4.78 is 45.5. The number of phenols is 1. The van der Waals surface area contributed by atoms with Crippen LogP contribution in [0.4, 0.5) is 14.6 Å². The molecule has 1 N–H and O–H groups in total. The van der Waals surface area contributed by atoms with E-state index in [4.69, 9.17) is 0 Å². The maximum Gasteiger partial charge on any atom is 0.354 e. The van der Waals surface area contributed by atoms with Crippen LogP contribution in [0.3, 0.4) is 0 Å². The van der Waals surface area contributed by atoms with Gasteiger partial charge in [0.1, 0.15) is 30.3 Å². The Morgan fingerprint density at radius 2 is 1.83 bits per heavy atom. The van der Waals surface area contributed by atoms with Crippen molar-refractivity contribution in [2.45, 2.75) is 19.9 Å². The van der Waals surface area contributed by atoms with Crippen LogP contribution in [-0.2, 0) is 9.36 Å². The molecular formula is C31H31F2N4O4P. The van der Waals surface area contributed by atoms with Gasteiger partial charge in [-0.1, -0.05) is 24.8 Å². The van der Waals surface area contributed by atoms with Crippen LogP contribution in [0.15, 0.2) is 66.0 Å². The van der Waals surface area contributed by atoms with Gasteiger partial charge in [-0.25, -0.2) is 13.6 Å². The van der Waals surface area contributed by atoms with E-state index in [9.17, 15) is 23.7 Å². The number of carbonyl (C=O) groups excluding carboxylic acids is 1. The lowest BCUT2D eigenvalue weighted by Crippen LogP contribution is -2.54. The second-order valence-corrected chi connectivity index (χ2v) is 14.0. The van der Waals surface area contributed by atoms with E-state index in [0.717, 1.165) is 6.07 Å². The van der Waals surface area contributed by atoms with E-state index < -0.39 is 30.2 Å². The monoisotopic (exact) mass is 592 g/mol. The largest absolute Gasteiger partial charge is 0.507 e. The Hall–Kier alpha value is -4.30. The number of piperazine rings is 1. The van der Waals surface area contributed by atoms with Crippen molar-refractivity contribution in [2.75, 3.05) is 37.9 Å². The standard InChI is InChI=1S/C31H31F2N4O4P/c1-6-27(39)35-13-14-36(19(3)17-35)30-21-15-23(33)20(28-22(32)10-8-11-25(28)38)16-24(21)37(31(40)34-30)29-18(2)9-7-12-26(29)42(4,5)41/h6-12,15-16,19,38H,1,13-14,17H2,2-5H3/t19-/m0/s1. The molecule has 0 saturated carbocycles. The molecule has 218 valence electrons. The Kier molecular flexibility index (Phi) is 7.53. The summed E-state index contributed by atoms with van der Waals surface area (Å²) in [6, 6.07) is 11.1. The molecule has 1 atom stereocenters. The Bertz CT molecular complexity index is 1850. The molecule has 0 unspecified atom stereocenters. The molecule has 0 radical (unpaired) electrons. The van der Waals surface area contributed by atoms with Crippen LogP contribution >= 0.6 is 7.14 Å². The van der Waals surface area contributed by atoms with E-state index >= 15 is 4.39 Å². The third-order valence-corrected chi connectivity index (χ3v) is 9.15. The van der Waals surface area contributed by atoms with Gasteiger partial charge in [0.05, 0.1) is 16.8 Å². The number of hydrogen-bond donors (Lipinski definition) is 1. The molecule has 2 heterocycles. The van der Waals surface area contributed by atoms with Crippen LogP contribution in [0.25, 0.3) is 27.7 Å². The number of benzene rings is 3. The van der Waals surface area contributed by atoms with Crippen LogP contribution < -0.4 is 15.9 Å². The van der Waals surface area contributed by atoms with Gasteiger partial charge in [-0.3, -0.25) is 9.36 Å². The quantitative estimate of drug-likeness (QED) is 0.264. The Labute approximate surface area is 241 Å². The SMILES string of the molecule is C=CC(=O)N1CCN(c2nc(=O)n(-c3c(C)cccc3P(C)(C)=O)c3cc(-c4c(O)cccc4F)c(F)cc23)[C@@H](C)C1. The number of carbonyl (C=O) groups is 1. The van der Waals surface area contributed by atoms with Crippen molar-refractivity contribution in [1.29, 1.82) is 0 Å². The maximum absolute atomic E-state index is 15.9. The number of fused-ring (bicyclic) bond motifs is 1. The number of hydrogen-bond acceptors (Lipinski definition) is 6. The number of aromatic nitrogens is 2. The molecule has 11 heteroatoms. The van der Waals surface area contributed by atoms with Crippen LogP contribution in [0.5, 0.6) is 5.75 Å². The van der Waals surface area contributed by atoms with Gasteiger partial charge in [-0.15, -0.1) is 0 Å². The zero-order valence-corrected chi connectivity index (χ0v) is 24.7. The molecular weight excluding hydrogens is 561 g/mol. The highest BCUT2D eigenvalue weighted by atomic mass is 31.2. The first-order valence-corrected chi connectivity index (χ1v) is 16.0. The summed E-state index contributed by atoms with van der Waals surface area (Å²) in [5.74, 6) is -2.14. The van der Waals surface area contributed by atoms with E-state index in [1.54, 1.807) is 43.4 Å². The molecule has 1 aromatic heterocycles. The first kappa shape index (κ1) is 29.2. The van der Waals surface area contributed by atoms with Crippen molar-refractivity contribution < 1.29 is 23.2 Å². The van der Waals surface area contributed by atoms with E-state index in [1.165, 1.54) is 34.9 Å².